The molecule has 1 heterocycles. The summed E-state index contributed by atoms with van der Waals surface area (Å²) in [5.41, 5.74) is 0. The van der Waals surface area contributed by atoms with Gasteiger partial charge in [0.15, 0.2) is 0 Å². The van der Waals surface area contributed by atoms with E-state index in [0.29, 0.717) is 26.2 Å². The highest BCUT2D eigenvalue weighted by Gasteiger charge is 2.17. The molecule has 0 aliphatic carbocycles. The number of unbranched alkanes of at least 4 members (excludes halogenated alkanes) is 2. The third kappa shape index (κ3) is 11.2. The molecule has 1 aromatic heterocycles. The van der Waals surface area contributed by atoms with Gasteiger partial charge in [-0.1, -0.05) is 6.08 Å². The van der Waals surface area contributed by atoms with E-state index >= 15 is 0 Å². The Morgan fingerprint density at radius 1 is 1.18 bits per heavy atom. The molecule has 8 nitrogen and oxygen atoms in total. The van der Waals surface area contributed by atoms with Gasteiger partial charge in [-0.3, -0.25) is 9.89 Å². The number of hydrogen-bond donors (Lipinski definition) is 3. The van der Waals surface area contributed by atoms with Crippen molar-refractivity contribution < 1.29 is 19.9 Å². The van der Waals surface area contributed by atoms with Crippen LogP contribution in [-0.4, -0.2) is 88.1 Å². The van der Waals surface area contributed by atoms with Crippen LogP contribution in [0, 0.1) is 0 Å². The van der Waals surface area contributed by atoms with Crippen molar-refractivity contribution >= 4 is 6.34 Å². The molecule has 0 aromatic carbocycles. The van der Waals surface area contributed by atoms with Gasteiger partial charge in [0.1, 0.15) is 25.0 Å². The molecule has 3 N–H and O–H groups in total. The SMILES string of the molecule is C/C=C\N(C)/C=N/CC(O)CN(CCCCCO)CC(O)C[n+]1ccn(C)c1. The van der Waals surface area contributed by atoms with Gasteiger partial charge >= 0.3 is 0 Å². The molecule has 0 amide bonds. The summed E-state index contributed by atoms with van der Waals surface area (Å²) < 4.78 is 3.89. The van der Waals surface area contributed by atoms with Crippen molar-refractivity contribution in [2.24, 2.45) is 12.0 Å². The van der Waals surface area contributed by atoms with E-state index in [0.717, 1.165) is 25.8 Å². The molecule has 0 saturated heterocycles. The smallest absolute Gasteiger partial charge is 0.243 e. The third-order valence-electron chi connectivity index (χ3n) is 4.28. The average Bonchev–Trinajstić information content (AvgIpc) is 3.03. The average molecular weight is 397 g/mol. The second kappa shape index (κ2) is 14.3. The fourth-order valence-electron chi connectivity index (χ4n) is 3.02. The molecular formula is C20H38N5O3+. The lowest BCUT2D eigenvalue weighted by molar-refractivity contribution is -0.703. The summed E-state index contributed by atoms with van der Waals surface area (Å²) in [6, 6.07) is 0. The Bertz CT molecular complexity index is 576. The summed E-state index contributed by atoms with van der Waals surface area (Å²) in [7, 11) is 3.84. The van der Waals surface area contributed by atoms with E-state index in [1.54, 1.807) is 6.34 Å². The topological polar surface area (TPSA) is 88.3 Å². The first-order valence-electron chi connectivity index (χ1n) is 9.99. The quantitative estimate of drug-likeness (QED) is 0.168. The molecule has 0 spiro atoms. The van der Waals surface area contributed by atoms with Crippen molar-refractivity contribution in [1.82, 2.24) is 14.4 Å². The first-order chi connectivity index (χ1) is 13.4. The number of aliphatic imine (C=N–C) groups is 1. The van der Waals surface area contributed by atoms with E-state index in [2.05, 4.69) is 9.89 Å². The summed E-state index contributed by atoms with van der Waals surface area (Å²) in [5, 5.41) is 29.8. The highest BCUT2D eigenvalue weighted by molar-refractivity contribution is 5.55. The fourth-order valence-corrected chi connectivity index (χ4v) is 3.02. The Labute approximate surface area is 169 Å². The van der Waals surface area contributed by atoms with Crippen molar-refractivity contribution in [3.63, 3.8) is 0 Å². The van der Waals surface area contributed by atoms with E-state index in [9.17, 15) is 10.2 Å². The van der Waals surface area contributed by atoms with Crippen LogP contribution in [0.3, 0.4) is 0 Å². The van der Waals surface area contributed by atoms with Gasteiger partial charge in [0.2, 0.25) is 6.33 Å². The lowest BCUT2D eigenvalue weighted by Crippen LogP contribution is -2.45. The number of rotatable bonds is 15. The van der Waals surface area contributed by atoms with Crippen LogP contribution < -0.4 is 4.57 Å². The summed E-state index contributed by atoms with van der Waals surface area (Å²) >= 11 is 0. The summed E-state index contributed by atoms with van der Waals surface area (Å²) in [6.45, 7) is 4.68. The number of aliphatic hydroxyl groups is 3. The molecule has 0 bridgehead atoms. The molecule has 0 aliphatic heterocycles. The molecule has 1 aromatic rings. The van der Waals surface area contributed by atoms with Gasteiger partial charge in [-0.15, -0.1) is 0 Å². The van der Waals surface area contributed by atoms with E-state index in [-0.39, 0.29) is 6.61 Å². The van der Waals surface area contributed by atoms with Crippen molar-refractivity contribution in [3.05, 3.63) is 31.0 Å². The lowest BCUT2D eigenvalue weighted by Gasteiger charge is -2.26. The van der Waals surface area contributed by atoms with Crippen molar-refractivity contribution in [1.29, 1.82) is 0 Å². The minimum atomic E-state index is -0.593. The Morgan fingerprint density at radius 2 is 1.93 bits per heavy atom. The minimum Gasteiger partial charge on any atom is -0.396 e. The Morgan fingerprint density at radius 3 is 2.57 bits per heavy atom. The van der Waals surface area contributed by atoms with E-state index in [1.807, 2.05) is 66.1 Å². The number of aromatic nitrogens is 2. The van der Waals surface area contributed by atoms with Gasteiger partial charge in [0, 0.05) is 32.9 Å². The van der Waals surface area contributed by atoms with Crippen LogP contribution in [0.4, 0.5) is 0 Å². The molecule has 0 saturated carbocycles. The molecule has 0 aliphatic rings. The molecule has 2 unspecified atom stereocenters. The van der Waals surface area contributed by atoms with Gasteiger partial charge in [0.05, 0.1) is 26.0 Å². The third-order valence-corrected chi connectivity index (χ3v) is 4.28. The zero-order valence-electron chi connectivity index (χ0n) is 17.6. The van der Waals surface area contributed by atoms with Crippen LogP contribution in [0.1, 0.15) is 26.2 Å². The molecular weight excluding hydrogens is 358 g/mol. The van der Waals surface area contributed by atoms with Crippen LogP contribution in [0.2, 0.25) is 0 Å². The maximum absolute atomic E-state index is 10.5. The molecule has 28 heavy (non-hydrogen) atoms. The zero-order valence-corrected chi connectivity index (χ0v) is 17.6. The van der Waals surface area contributed by atoms with Gasteiger partial charge < -0.3 is 20.2 Å². The number of hydrogen-bond acceptors (Lipinski definition) is 5. The normalized spacial score (nSPS) is 14.4. The van der Waals surface area contributed by atoms with Crippen LogP contribution in [0.15, 0.2) is 36.0 Å². The number of aliphatic hydroxyl groups excluding tert-OH is 3. The highest BCUT2D eigenvalue weighted by atomic mass is 16.3. The van der Waals surface area contributed by atoms with Crippen LogP contribution >= 0.6 is 0 Å². The summed E-state index contributed by atoms with van der Waals surface area (Å²) in [4.78, 5) is 8.19. The van der Waals surface area contributed by atoms with Crippen LogP contribution in [-0.2, 0) is 13.6 Å². The maximum atomic E-state index is 10.5. The van der Waals surface area contributed by atoms with Crippen molar-refractivity contribution in [2.75, 3.05) is 39.8 Å². The standard InChI is InChI=1S/C20H38N5O3/c1-4-8-22(2)17-21-13-19(27)14-24(9-6-5-7-12-26)15-20(28)16-25-11-10-23(3)18-25/h4,8,10-11,17-20,26-28H,5-7,9,12-16H2,1-3H3/q+1/b8-4-,21-17+. The fraction of sp³-hybridized carbons (Fsp3) is 0.700. The van der Waals surface area contributed by atoms with Crippen LogP contribution in [0.25, 0.3) is 0 Å². The minimum absolute atomic E-state index is 0.199. The molecule has 0 fully saturated rings. The van der Waals surface area contributed by atoms with Gasteiger partial charge in [0.25, 0.3) is 0 Å². The molecule has 2 atom stereocenters. The predicted octanol–water partition coefficient (Wildman–Crippen LogP) is -0.00730. The second-order valence-corrected chi connectivity index (χ2v) is 7.26. The van der Waals surface area contributed by atoms with E-state index in [4.69, 9.17) is 5.11 Å². The first kappa shape index (κ1) is 24.3. The zero-order chi connectivity index (χ0) is 20.8. The number of imidazole rings is 1. The first-order valence-corrected chi connectivity index (χ1v) is 9.99. The van der Waals surface area contributed by atoms with Crippen molar-refractivity contribution in [3.8, 4) is 0 Å². The number of aryl methyl sites for hydroxylation is 1. The predicted molar refractivity (Wildman–Crippen MR) is 111 cm³/mol. The Hall–Kier alpha value is -1.74. The van der Waals surface area contributed by atoms with E-state index < -0.39 is 12.2 Å². The van der Waals surface area contributed by atoms with E-state index in [1.165, 1.54) is 0 Å². The second-order valence-electron chi connectivity index (χ2n) is 7.26. The lowest BCUT2D eigenvalue weighted by atomic mass is 10.2. The van der Waals surface area contributed by atoms with Crippen LogP contribution in [0.5, 0.6) is 0 Å². The van der Waals surface area contributed by atoms with Gasteiger partial charge in [-0.25, -0.2) is 9.13 Å². The Balaban J connectivity index is 2.52. The summed E-state index contributed by atoms with van der Waals surface area (Å²) in [6.07, 6.45) is 12.8. The summed E-state index contributed by atoms with van der Waals surface area (Å²) in [5.74, 6) is 0. The number of nitrogens with zero attached hydrogens (tertiary/aromatic N) is 5. The van der Waals surface area contributed by atoms with Gasteiger partial charge in [-0.05, 0) is 32.7 Å². The molecule has 1 rings (SSSR count). The molecule has 8 heteroatoms. The Kier molecular flexibility index (Phi) is 12.4. The molecule has 0 radical (unpaired) electrons. The maximum Gasteiger partial charge on any atom is 0.243 e. The number of allylic oxidation sites excluding steroid dienone is 1. The van der Waals surface area contributed by atoms with Crippen molar-refractivity contribution in [2.45, 2.75) is 44.9 Å². The highest BCUT2D eigenvalue weighted by Crippen LogP contribution is 2.03. The van der Waals surface area contributed by atoms with Gasteiger partial charge in [-0.2, -0.15) is 0 Å². The largest absolute Gasteiger partial charge is 0.396 e. The molecule has 160 valence electrons. The monoisotopic (exact) mass is 396 g/mol.